The summed E-state index contributed by atoms with van der Waals surface area (Å²) in [6, 6.07) is 9.50. The number of carbonyl (C=O) groups excluding carboxylic acids is 1. The normalized spacial score (nSPS) is 11.5. The summed E-state index contributed by atoms with van der Waals surface area (Å²) in [5, 5.41) is 7.46. The van der Waals surface area contributed by atoms with E-state index in [2.05, 4.69) is 0 Å². The molecule has 0 aromatic heterocycles. The molecular formula is C9H8NOP. The minimum absolute atomic E-state index is 0.263. The zero-order chi connectivity index (χ0) is 8.81. The summed E-state index contributed by atoms with van der Waals surface area (Å²) in [5.74, 6) is 0. The number of allylic oxidation sites excluding steroid dienone is 1. The molecule has 0 aliphatic rings. The van der Waals surface area contributed by atoms with Crippen molar-refractivity contribution < 1.29 is 4.79 Å². The highest BCUT2D eigenvalue weighted by molar-refractivity contribution is 7.32. The first-order valence-corrected chi connectivity index (χ1v) is 4.35. The van der Waals surface area contributed by atoms with Gasteiger partial charge in [-0.2, -0.15) is 0 Å². The molecule has 0 aliphatic carbocycles. The quantitative estimate of drug-likeness (QED) is 0.430. The molecule has 0 heterocycles. The standard InChI is InChI=1S/C9H8NOP/c10-12-9(7-11)6-8-4-2-1-3-5-8/h1-7,10H/b9-6-. The van der Waals surface area contributed by atoms with Crippen LogP contribution in [0.3, 0.4) is 0 Å². The summed E-state index contributed by atoms with van der Waals surface area (Å²) in [6.45, 7) is 0. The van der Waals surface area contributed by atoms with Crippen LogP contribution in [0.15, 0.2) is 35.6 Å². The number of hydrogen-bond donors (Lipinski definition) is 1. The summed E-state index contributed by atoms with van der Waals surface area (Å²) < 4.78 is 0. The molecule has 2 nitrogen and oxygen atoms in total. The fourth-order valence-electron chi connectivity index (χ4n) is 0.813. The Balaban J connectivity index is 2.93. The lowest BCUT2D eigenvalue weighted by molar-refractivity contribution is -0.104. The van der Waals surface area contributed by atoms with Crippen LogP contribution in [0.2, 0.25) is 0 Å². The van der Waals surface area contributed by atoms with Gasteiger partial charge in [-0.05, 0) is 11.6 Å². The van der Waals surface area contributed by atoms with Gasteiger partial charge in [0.1, 0.15) is 0 Å². The Kier molecular flexibility index (Phi) is 3.36. The number of carbonyl (C=O) groups is 1. The molecule has 60 valence electrons. The van der Waals surface area contributed by atoms with Gasteiger partial charge in [-0.1, -0.05) is 30.3 Å². The Bertz CT molecular complexity index is 296. The fraction of sp³-hybridized carbons (Fsp3) is 0. The Labute approximate surface area is 72.6 Å². The van der Waals surface area contributed by atoms with Gasteiger partial charge >= 0.3 is 0 Å². The lowest BCUT2D eigenvalue weighted by Gasteiger charge is -1.90. The molecular weight excluding hydrogens is 169 g/mol. The third-order valence-electron chi connectivity index (χ3n) is 1.36. The predicted octanol–water partition coefficient (Wildman–Crippen LogP) is 2.93. The van der Waals surface area contributed by atoms with E-state index in [-0.39, 0.29) is 8.37 Å². The first kappa shape index (κ1) is 8.82. The van der Waals surface area contributed by atoms with Crippen molar-refractivity contribution in [2.24, 2.45) is 0 Å². The average molecular weight is 177 g/mol. The Hall–Kier alpha value is -1.27. The van der Waals surface area contributed by atoms with E-state index in [0.29, 0.717) is 11.6 Å². The average Bonchev–Trinajstić information content (AvgIpc) is 2.16. The molecule has 0 fully saturated rings. The number of rotatable bonds is 3. The second-order valence-corrected chi connectivity index (χ2v) is 2.95. The van der Waals surface area contributed by atoms with Gasteiger partial charge in [-0.25, -0.2) is 0 Å². The maximum absolute atomic E-state index is 10.3. The van der Waals surface area contributed by atoms with Crippen LogP contribution in [0.1, 0.15) is 5.56 Å². The molecule has 1 aromatic carbocycles. The molecule has 0 aliphatic heterocycles. The molecule has 0 spiro atoms. The van der Waals surface area contributed by atoms with E-state index in [0.717, 1.165) is 5.56 Å². The molecule has 0 unspecified atom stereocenters. The van der Waals surface area contributed by atoms with E-state index in [1.54, 1.807) is 6.08 Å². The van der Waals surface area contributed by atoms with Crippen molar-refractivity contribution in [3.8, 4) is 0 Å². The minimum Gasteiger partial charge on any atom is -0.297 e. The molecule has 1 aromatic rings. The minimum atomic E-state index is 0.263. The smallest absolute Gasteiger partial charge is 0.156 e. The van der Waals surface area contributed by atoms with Crippen molar-refractivity contribution in [2.75, 3.05) is 0 Å². The number of benzene rings is 1. The van der Waals surface area contributed by atoms with E-state index < -0.39 is 0 Å². The molecule has 1 N–H and O–H groups in total. The summed E-state index contributed by atoms with van der Waals surface area (Å²) in [4.78, 5) is 10.3. The van der Waals surface area contributed by atoms with E-state index >= 15 is 0 Å². The molecule has 0 radical (unpaired) electrons. The summed E-state index contributed by atoms with van der Waals surface area (Å²) in [7, 11) is 0.263. The van der Waals surface area contributed by atoms with Gasteiger partial charge in [0.25, 0.3) is 0 Å². The highest BCUT2D eigenvalue weighted by Gasteiger charge is 1.90. The molecule has 3 heteroatoms. The lowest BCUT2D eigenvalue weighted by atomic mass is 10.2. The lowest BCUT2D eigenvalue weighted by Crippen LogP contribution is -1.73. The fourth-order valence-corrected chi connectivity index (χ4v) is 1.08. The number of hydrogen-bond acceptors (Lipinski definition) is 2. The van der Waals surface area contributed by atoms with Crippen molar-refractivity contribution in [2.45, 2.75) is 0 Å². The van der Waals surface area contributed by atoms with Gasteiger partial charge in [0, 0.05) is 8.37 Å². The van der Waals surface area contributed by atoms with Crippen LogP contribution in [0.5, 0.6) is 0 Å². The van der Waals surface area contributed by atoms with E-state index in [1.165, 1.54) is 0 Å². The van der Waals surface area contributed by atoms with Crippen molar-refractivity contribution in [1.29, 1.82) is 5.16 Å². The largest absolute Gasteiger partial charge is 0.297 e. The van der Waals surface area contributed by atoms with E-state index in [9.17, 15) is 4.79 Å². The van der Waals surface area contributed by atoms with Gasteiger partial charge in [-0.3, -0.25) is 9.96 Å². The topological polar surface area (TPSA) is 40.9 Å². The van der Waals surface area contributed by atoms with Crippen LogP contribution in [-0.4, -0.2) is 6.29 Å². The SMILES string of the molecule is N=P/C(C=O)=C\c1ccccc1. The van der Waals surface area contributed by atoms with Gasteiger partial charge < -0.3 is 0 Å². The van der Waals surface area contributed by atoms with Gasteiger partial charge in [0.05, 0.1) is 5.31 Å². The molecule has 1 rings (SSSR count). The molecule has 12 heavy (non-hydrogen) atoms. The van der Waals surface area contributed by atoms with E-state index in [4.69, 9.17) is 5.16 Å². The third-order valence-corrected chi connectivity index (χ3v) is 1.86. The third kappa shape index (κ3) is 2.40. The van der Waals surface area contributed by atoms with Gasteiger partial charge in [0.2, 0.25) is 0 Å². The Morgan fingerprint density at radius 1 is 1.33 bits per heavy atom. The maximum Gasteiger partial charge on any atom is 0.156 e. The monoisotopic (exact) mass is 177 g/mol. The summed E-state index contributed by atoms with van der Waals surface area (Å²) in [6.07, 6.45) is 2.42. The van der Waals surface area contributed by atoms with Crippen LogP contribution < -0.4 is 0 Å². The van der Waals surface area contributed by atoms with Crippen molar-refractivity contribution >= 4 is 20.7 Å². The molecule has 0 saturated heterocycles. The first-order chi connectivity index (χ1) is 5.86. The van der Waals surface area contributed by atoms with Crippen molar-refractivity contribution in [3.63, 3.8) is 0 Å². The van der Waals surface area contributed by atoms with Crippen LogP contribution >= 0.6 is 8.37 Å². The van der Waals surface area contributed by atoms with Gasteiger partial charge in [-0.15, -0.1) is 0 Å². The summed E-state index contributed by atoms with van der Waals surface area (Å²) in [5.41, 5.74) is 0.958. The maximum atomic E-state index is 10.3. The van der Waals surface area contributed by atoms with E-state index in [1.807, 2.05) is 30.3 Å². The zero-order valence-corrected chi connectivity index (χ0v) is 7.29. The van der Waals surface area contributed by atoms with Crippen molar-refractivity contribution in [1.82, 2.24) is 0 Å². The van der Waals surface area contributed by atoms with Crippen LogP contribution in [0.25, 0.3) is 6.08 Å². The molecule has 0 amide bonds. The van der Waals surface area contributed by atoms with Crippen molar-refractivity contribution in [3.05, 3.63) is 41.2 Å². The Morgan fingerprint density at radius 2 is 2.00 bits per heavy atom. The number of nitrogens with one attached hydrogen (secondary N) is 1. The Morgan fingerprint density at radius 3 is 2.50 bits per heavy atom. The van der Waals surface area contributed by atoms with Crippen LogP contribution in [0.4, 0.5) is 0 Å². The highest BCUT2D eigenvalue weighted by Crippen LogP contribution is 2.13. The van der Waals surface area contributed by atoms with Crippen LogP contribution in [0, 0.1) is 5.16 Å². The second-order valence-electron chi connectivity index (χ2n) is 2.21. The molecule has 0 atom stereocenters. The highest BCUT2D eigenvalue weighted by atomic mass is 31.1. The summed E-state index contributed by atoms with van der Waals surface area (Å²) >= 11 is 0. The number of aldehydes is 1. The zero-order valence-electron chi connectivity index (χ0n) is 6.40. The van der Waals surface area contributed by atoms with Gasteiger partial charge in [0.15, 0.2) is 6.29 Å². The first-order valence-electron chi connectivity index (χ1n) is 3.46. The molecule has 0 saturated carbocycles. The molecule has 0 bridgehead atoms. The van der Waals surface area contributed by atoms with Crippen LogP contribution in [-0.2, 0) is 4.79 Å². The second kappa shape index (κ2) is 4.58. The predicted molar refractivity (Wildman–Crippen MR) is 50.1 cm³/mol.